The zero-order chi connectivity index (χ0) is 27.9. The first-order valence-electron chi connectivity index (χ1n) is 11.5. The Morgan fingerprint density at radius 1 is 1.15 bits per heavy atom. The lowest BCUT2D eigenvalue weighted by Gasteiger charge is -2.33. The molecule has 200 valence electrons. The summed E-state index contributed by atoms with van der Waals surface area (Å²) in [6.45, 7) is 0.733. The highest BCUT2D eigenvalue weighted by Gasteiger charge is 2.37. The third-order valence-electron chi connectivity index (χ3n) is 6.21. The zero-order valence-corrected chi connectivity index (χ0v) is 20.5. The fourth-order valence-electron chi connectivity index (χ4n) is 4.26. The van der Waals surface area contributed by atoms with Crippen LogP contribution in [-0.2, 0) is 18.0 Å². The number of hydrogen-bond donors (Lipinski definition) is 0. The monoisotopic (exact) mass is 541 g/mol. The highest BCUT2D eigenvalue weighted by atomic mass is 19.4. The first kappa shape index (κ1) is 26.0. The summed E-state index contributed by atoms with van der Waals surface area (Å²) in [6, 6.07) is 8.66. The molecule has 1 saturated heterocycles. The summed E-state index contributed by atoms with van der Waals surface area (Å²) in [6.07, 6.45) is -3.88. The number of ether oxygens (including phenoxy) is 2. The Hall–Kier alpha value is -4.64. The lowest BCUT2D eigenvalue weighted by atomic mass is 10.1. The highest BCUT2D eigenvalue weighted by Crippen LogP contribution is 2.33. The number of halogens is 4. The molecule has 1 aliphatic rings. The summed E-state index contributed by atoms with van der Waals surface area (Å²) in [5.41, 5.74) is -1.80. The Bertz CT molecular complexity index is 1680. The lowest BCUT2D eigenvalue weighted by Crippen LogP contribution is -2.39. The molecule has 0 radical (unpaired) electrons. The number of methoxy groups -OCH3 is 1. The van der Waals surface area contributed by atoms with E-state index in [1.165, 1.54) is 19.2 Å². The Kier molecular flexibility index (Phi) is 6.61. The Morgan fingerprint density at radius 2 is 1.95 bits per heavy atom. The molecule has 0 N–H and O–H groups in total. The second-order valence-corrected chi connectivity index (χ2v) is 8.61. The number of nitriles is 1. The van der Waals surface area contributed by atoms with Gasteiger partial charge in [-0.05, 0) is 29.8 Å². The number of nitrogens with zero attached hydrogens (tertiary/aromatic N) is 7. The molecule has 0 aliphatic carbocycles. The molecule has 1 aliphatic heterocycles. The number of anilines is 1. The zero-order valence-electron chi connectivity index (χ0n) is 20.5. The van der Waals surface area contributed by atoms with Crippen molar-refractivity contribution in [2.24, 2.45) is 7.05 Å². The standard InChI is InChI=1S/C25H19F4N7O3/c1-35-22(37)21-20(32-23(35)25(27,28)29)19(15-4-3-13(11-30)9-16(15)26)33-24(34-21)36-7-8-39-17(12-36)14-5-6-31-18(10-14)38-2/h3-6,9-10,17H,7-8,12H2,1-2H3/t17-/m1/s1. The van der Waals surface area contributed by atoms with Gasteiger partial charge in [-0.25, -0.2) is 24.3 Å². The minimum Gasteiger partial charge on any atom is -0.481 e. The molecule has 1 fully saturated rings. The smallest absolute Gasteiger partial charge is 0.449 e. The van der Waals surface area contributed by atoms with Gasteiger partial charge in [0.2, 0.25) is 17.7 Å². The van der Waals surface area contributed by atoms with Gasteiger partial charge >= 0.3 is 6.18 Å². The van der Waals surface area contributed by atoms with Crippen molar-refractivity contribution in [3.8, 4) is 23.2 Å². The van der Waals surface area contributed by atoms with Gasteiger partial charge in [0, 0.05) is 31.4 Å². The van der Waals surface area contributed by atoms with Gasteiger partial charge in [-0.15, -0.1) is 0 Å². The molecule has 0 unspecified atom stereocenters. The maximum absolute atomic E-state index is 15.1. The van der Waals surface area contributed by atoms with E-state index in [1.54, 1.807) is 29.3 Å². The van der Waals surface area contributed by atoms with E-state index < -0.39 is 40.5 Å². The number of pyridine rings is 1. The lowest BCUT2D eigenvalue weighted by molar-refractivity contribution is -0.147. The van der Waals surface area contributed by atoms with E-state index in [4.69, 9.17) is 14.7 Å². The van der Waals surface area contributed by atoms with Crippen molar-refractivity contribution in [3.63, 3.8) is 0 Å². The SMILES string of the molecule is COc1cc([C@H]2CN(c3nc(-c4ccc(C#N)cc4F)c4nc(C(F)(F)F)n(C)c(=O)c4n3)CCO2)ccn1. The van der Waals surface area contributed by atoms with Crippen LogP contribution >= 0.6 is 0 Å². The van der Waals surface area contributed by atoms with Gasteiger partial charge in [-0.3, -0.25) is 9.36 Å². The average Bonchev–Trinajstić information content (AvgIpc) is 2.94. The van der Waals surface area contributed by atoms with Crippen LogP contribution in [0.4, 0.5) is 23.5 Å². The Balaban J connectivity index is 1.69. The van der Waals surface area contributed by atoms with E-state index in [9.17, 15) is 18.0 Å². The van der Waals surface area contributed by atoms with E-state index in [-0.39, 0.29) is 42.5 Å². The quantitative estimate of drug-likeness (QED) is 0.358. The topological polar surface area (TPSA) is 119 Å². The van der Waals surface area contributed by atoms with Crippen molar-refractivity contribution in [1.29, 1.82) is 5.26 Å². The molecule has 4 heterocycles. The van der Waals surface area contributed by atoms with Crippen LogP contribution in [0, 0.1) is 17.1 Å². The number of hydrogen-bond acceptors (Lipinski definition) is 9. The molecule has 0 saturated carbocycles. The number of rotatable bonds is 4. The summed E-state index contributed by atoms with van der Waals surface area (Å²) in [5, 5.41) is 9.10. The van der Waals surface area contributed by atoms with Crippen molar-refractivity contribution in [2.45, 2.75) is 12.3 Å². The minimum atomic E-state index is -4.97. The normalized spacial score (nSPS) is 15.8. The van der Waals surface area contributed by atoms with Crippen LogP contribution < -0.4 is 15.2 Å². The fourth-order valence-corrected chi connectivity index (χ4v) is 4.26. The van der Waals surface area contributed by atoms with E-state index in [0.29, 0.717) is 10.4 Å². The van der Waals surface area contributed by atoms with Crippen molar-refractivity contribution in [2.75, 3.05) is 31.7 Å². The molecular weight excluding hydrogens is 522 g/mol. The van der Waals surface area contributed by atoms with Crippen molar-refractivity contribution in [3.05, 3.63) is 69.7 Å². The Morgan fingerprint density at radius 3 is 2.64 bits per heavy atom. The molecule has 0 amide bonds. The van der Waals surface area contributed by atoms with Gasteiger partial charge in [0.15, 0.2) is 5.52 Å². The number of aromatic nitrogens is 5. The second-order valence-electron chi connectivity index (χ2n) is 8.61. The van der Waals surface area contributed by atoms with Crippen LogP contribution in [0.15, 0.2) is 41.3 Å². The highest BCUT2D eigenvalue weighted by molar-refractivity contribution is 5.90. The van der Waals surface area contributed by atoms with Gasteiger partial charge < -0.3 is 14.4 Å². The number of alkyl halides is 3. The van der Waals surface area contributed by atoms with Crippen LogP contribution in [-0.4, -0.2) is 51.3 Å². The van der Waals surface area contributed by atoms with E-state index in [0.717, 1.165) is 18.7 Å². The fraction of sp³-hybridized carbons (Fsp3) is 0.280. The van der Waals surface area contributed by atoms with Crippen LogP contribution in [0.5, 0.6) is 5.88 Å². The van der Waals surface area contributed by atoms with E-state index in [2.05, 4.69) is 19.9 Å². The minimum absolute atomic E-state index is 0.00140. The van der Waals surface area contributed by atoms with Gasteiger partial charge in [0.05, 0.1) is 31.9 Å². The molecule has 14 heteroatoms. The molecule has 3 aromatic heterocycles. The van der Waals surface area contributed by atoms with Crippen LogP contribution in [0.1, 0.15) is 23.1 Å². The van der Waals surface area contributed by atoms with Crippen LogP contribution in [0.3, 0.4) is 0 Å². The third-order valence-corrected chi connectivity index (χ3v) is 6.21. The van der Waals surface area contributed by atoms with Crippen molar-refractivity contribution in [1.82, 2.24) is 24.5 Å². The molecular formula is C25H19F4N7O3. The number of benzene rings is 1. The molecule has 0 spiro atoms. The third kappa shape index (κ3) is 4.84. The van der Waals surface area contributed by atoms with E-state index in [1.807, 2.05) is 0 Å². The molecule has 0 bridgehead atoms. The molecule has 4 aromatic rings. The summed E-state index contributed by atoms with van der Waals surface area (Å²) in [7, 11) is 2.41. The molecule has 5 rings (SSSR count). The summed E-state index contributed by atoms with van der Waals surface area (Å²) >= 11 is 0. The maximum atomic E-state index is 15.1. The number of fused-ring (bicyclic) bond motifs is 1. The molecule has 1 atom stereocenters. The summed E-state index contributed by atoms with van der Waals surface area (Å²) in [4.78, 5) is 31.2. The molecule has 10 nitrogen and oxygen atoms in total. The van der Waals surface area contributed by atoms with Crippen molar-refractivity contribution < 1.29 is 27.0 Å². The number of morpholine rings is 1. The predicted molar refractivity (Wildman–Crippen MR) is 129 cm³/mol. The van der Waals surface area contributed by atoms with Gasteiger partial charge in [0.1, 0.15) is 23.1 Å². The Labute approximate surface area is 218 Å². The summed E-state index contributed by atoms with van der Waals surface area (Å²) < 4.78 is 67.6. The summed E-state index contributed by atoms with van der Waals surface area (Å²) in [5.74, 6) is -2.04. The molecule has 1 aromatic carbocycles. The largest absolute Gasteiger partial charge is 0.481 e. The van der Waals surface area contributed by atoms with Crippen molar-refractivity contribution >= 4 is 17.0 Å². The first-order chi connectivity index (χ1) is 18.6. The molecule has 39 heavy (non-hydrogen) atoms. The van der Waals surface area contributed by atoms with E-state index >= 15 is 4.39 Å². The predicted octanol–water partition coefficient (Wildman–Crippen LogP) is 3.40. The van der Waals surface area contributed by atoms with Gasteiger partial charge in [-0.2, -0.15) is 18.4 Å². The average molecular weight is 541 g/mol. The maximum Gasteiger partial charge on any atom is 0.449 e. The van der Waals surface area contributed by atoms with Crippen LogP contribution in [0.2, 0.25) is 0 Å². The second kappa shape index (κ2) is 9.91. The van der Waals surface area contributed by atoms with Gasteiger partial charge in [0.25, 0.3) is 5.56 Å². The van der Waals surface area contributed by atoms with Gasteiger partial charge in [-0.1, -0.05) is 0 Å². The first-order valence-corrected chi connectivity index (χ1v) is 11.5. The van der Waals surface area contributed by atoms with Crippen LogP contribution in [0.25, 0.3) is 22.3 Å².